The SMILES string of the molecule is C[Si](C)(C)CCOCN1C=CC2(Cc3ccc(Cl)nc3C2)C1. The van der Waals surface area contributed by atoms with Crippen LogP contribution in [0.5, 0.6) is 0 Å². The fourth-order valence-electron chi connectivity index (χ4n) is 3.24. The van der Waals surface area contributed by atoms with Crippen LogP contribution in [0.15, 0.2) is 24.4 Å². The first-order chi connectivity index (χ1) is 10.4. The lowest BCUT2D eigenvalue weighted by Gasteiger charge is -2.25. The Labute approximate surface area is 139 Å². The maximum atomic E-state index is 6.01. The number of halogens is 1. The van der Waals surface area contributed by atoms with E-state index in [1.165, 1.54) is 17.3 Å². The molecule has 1 aliphatic carbocycles. The van der Waals surface area contributed by atoms with Crippen LogP contribution in [0.3, 0.4) is 0 Å². The van der Waals surface area contributed by atoms with Gasteiger partial charge < -0.3 is 9.64 Å². The second-order valence-corrected chi connectivity index (χ2v) is 13.9. The van der Waals surface area contributed by atoms with Crippen molar-refractivity contribution in [1.82, 2.24) is 9.88 Å². The molecule has 0 bridgehead atoms. The van der Waals surface area contributed by atoms with Gasteiger partial charge in [0.15, 0.2) is 0 Å². The molecule has 22 heavy (non-hydrogen) atoms. The van der Waals surface area contributed by atoms with Crippen LogP contribution in [-0.2, 0) is 17.6 Å². The zero-order valence-corrected chi connectivity index (χ0v) is 15.5. The van der Waals surface area contributed by atoms with E-state index < -0.39 is 8.07 Å². The Morgan fingerprint density at radius 2 is 2.14 bits per heavy atom. The minimum atomic E-state index is -0.997. The van der Waals surface area contributed by atoms with Crippen LogP contribution in [0.1, 0.15) is 11.3 Å². The van der Waals surface area contributed by atoms with E-state index in [0.717, 1.165) is 26.0 Å². The third-order valence-corrected chi connectivity index (χ3v) is 6.42. The van der Waals surface area contributed by atoms with E-state index in [4.69, 9.17) is 16.3 Å². The summed E-state index contributed by atoms with van der Waals surface area (Å²) in [6, 6.07) is 5.25. The Balaban J connectivity index is 1.51. The van der Waals surface area contributed by atoms with Crippen LogP contribution in [0.2, 0.25) is 30.8 Å². The number of nitrogens with zero attached hydrogens (tertiary/aromatic N) is 2. The summed E-state index contributed by atoms with van der Waals surface area (Å²) < 4.78 is 5.87. The molecular weight excluding hydrogens is 312 g/mol. The normalized spacial score (nSPS) is 23.5. The zero-order valence-electron chi connectivity index (χ0n) is 13.7. The smallest absolute Gasteiger partial charge is 0.129 e. The van der Waals surface area contributed by atoms with E-state index in [-0.39, 0.29) is 5.41 Å². The minimum absolute atomic E-state index is 0.197. The van der Waals surface area contributed by atoms with Gasteiger partial charge in [-0.05, 0) is 30.3 Å². The monoisotopic (exact) mass is 336 g/mol. The highest BCUT2D eigenvalue weighted by molar-refractivity contribution is 6.76. The largest absolute Gasteiger partial charge is 0.361 e. The second-order valence-electron chi connectivity index (χ2n) is 7.87. The topological polar surface area (TPSA) is 25.4 Å². The molecule has 0 N–H and O–H groups in total. The zero-order chi connectivity index (χ0) is 15.8. The molecule has 5 heteroatoms. The minimum Gasteiger partial charge on any atom is -0.361 e. The molecule has 0 saturated heterocycles. The summed E-state index contributed by atoms with van der Waals surface area (Å²) in [7, 11) is -0.997. The summed E-state index contributed by atoms with van der Waals surface area (Å²) in [5.41, 5.74) is 2.71. The Morgan fingerprint density at radius 3 is 2.91 bits per heavy atom. The maximum absolute atomic E-state index is 6.01. The molecule has 3 rings (SSSR count). The van der Waals surface area contributed by atoms with Crippen molar-refractivity contribution in [3.05, 3.63) is 40.8 Å². The van der Waals surface area contributed by atoms with E-state index in [0.29, 0.717) is 11.9 Å². The first kappa shape index (κ1) is 16.0. The summed E-state index contributed by atoms with van der Waals surface area (Å²) in [5.74, 6) is 0. The molecule has 1 spiro atoms. The quantitative estimate of drug-likeness (QED) is 0.462. The Bertz CT molecular complexity index is 585. The van der Waals surface area contributed by atoms with Gasteiger partial charge in [0.2, 0.25) is 0 Å². The van der Waals surface area contributed by atoms with E-state index >= 15 is 0 Å². The molecule has 1 aromatic rings. The third-order valence-electron chi connectivity index (χ3n) is 4.51. The predicted octanol–water partition coefficient (Wildman–Crippen LogP) is 3.96. The highest BCUT2D eigenvalue weighted by Gasteiger charge is 2.40. The van der Waals surface area contributed by atoms with Gasteiger partial charge in [-0.1, -0.05) is 43.4 Å². The van der Waals surface area contributed by atoms with Crippen molar-refractivity contribution in [3.63, 3.8) is 0 Å². The van der Waals surface area contributed by atoms with Crippen molar-refractivity contribution in [2.24, 2.45) is 5.41 Å². The number of hydrogen-bond acceptors (Lipinski definition) is 3. The van der Waals surface area contributed by atoms with Gasteiger partial charge in [-0.3, -0.25) is 0 Å². The van der Waals surface area contributed by atoms with E-state index in [1.54, 1.807) is 0 Å². The molecule has 0 saturated carbocycles. The average molecular weight is 337 g/mol. The van der Waals surface area contributed by atoms with Crippen LogP contribution in [-0.4, -0.2) is 37.8 Å². The van der Waals surface area contributed by atoms with Crippen molar-refractivity contribution in [2.75, 3.05) is 19.9 Å². The molecule has 0 fully saturated rings. The summed E-state index contributed by atoms with van der Waals surface area (Å²) in [5, 5.41) is 0.601. The van der Waals surface area contributed by atoms with Gasteiger partial charge in [0, 0.05) is 38.8 Å². The van der Waals surface area contributed by atoms with E-state index in [1.807, 2.05) is 6.07 Å². The Kier molecular flexibility index (Phi) is 4.36. The van der Waals surface area contributed by atoms with Gasteiger partial charge >= 0.3 is 0 Å². The number of rotatable bonds is 5. The van der Waals surface area contributed by atoms with Crippen LogP contribution >= 0.6 is 11.6 Å². The van der Waals surface area contributed by atoms with E-state index in [9.17, 15) is 0 Å². The summed E-state index contributed by atoms with van der Waals surface area (Å²) in [6.07, 6.45) is 6.59. The van der Waals surface area contributed by atoms with Gasteiger partial charge in [-0.15, -0.1) is 0 Å². The molecule has 1 atom stereocenters. The van der Waals surface area contributed by atoms with Crippen molar-refractivity contribution in [3.8, 4) is 0 Å². The maximum Gasteiger partial charge on any atom is 0.129 e. The summed E-state index contributed by atoms with van der Waals surface area (Å²) in [6.45, 7) is 9.75. The highest BCUT2D eigenvalue weighted by Crippen LogP contribution is 2.41. The van der Waals surface area contributed by atoms with Crippen molar-refractivity contribution >= 4 is 19.7 Å². The lowest BCUT2D eigenvalue weighted by Crippen LogP contribution is -2.30. The molecular formula is C17H25ClN2OSi. The van der Waals surface area contributed by atoms with Crippen LogP contribution < -0.4 is 0 Å². The second kappa shape index (κ2) is 5.98. The Hall–Kier alpha value is -0.843. The predicted molar refractivity (Wildman–Crippen MR) is 93.9 cm³/mol. The molecule has 1 aliphatic heterocycles. The van der Waals surface area contributed by atoms with Crippen molar-refractivity contribution in [1.29, 1.82) is 0 Å². The van der Waals surface area contributed by atoms with E-state index in [2.05, 4.69) is 47.9 Å². The molecule has 120 valence electrons. The lowest BCUT2D eigenvalue weighted by atomic mass is 9.86. The van der Waals surface area contributed by atoms with Gasteiger partial charge in [0.1, 0.15) is 11.9 Å². The van der Waals surface area contributed by atoms with Crippen LogP contribution in [0, 0.1) is 5.41 Å². The molecule has 0 aromatic carbocycles. The standard InChI is InChI=1S/C17H25ClN2OSi/c1-22(2,3)9-8-21-13-20-7-6-17(12-20)10-14-4-5-16(18)19-15(14)11-17/h4-7H,8-13H2,1-3H3. The van der Waals surface area contributed by atoms with Crippen LogP contribution in [0.25, 0.3) is 0 Å². The van der Waals surface area contributed by atoms with Gasteiger partial charge in [-0.2, -0.15) is 0 Å². The molecule has 3 nitrogen and oxygen atoms in total. The highest BCUT2D eigenvalue weighted by atomic mass is 35.5. The van der Waals surface area contributed by atoms with Crippen molar-refractivity contribution < 1.29 is 4.74 Å². The fourth-order valence-corrected chi connectivity index (χ4v) is 4.17. The first-order valence-corrected chi connectivity index (χ1v) is 12.1. The molecule has 1 unspecified atom stereocenters. The summed E-state index contributed by atoms with van der Waals surface area (Å²) in [4.78, 5) is 6.78. The van der Waals surface area contributed by atoms with Crippen molar-refractivity contribution in [2.45, 2.75) is 38.5 Å². The molecule has 2 heterocycles. The fraction of sp³-hybridized carbons (Fsp3) is 0.588. The summed E-state index contributed by atoms with van der Waals surface area (Å²) >= 11 is 6.01. The lowest BCUT2D eigenvalue weighted by molar-refractivity contribution is 0.0558. The number of aromatic nitrogens is 1. The number of hydrogen-bond donors (Lipinski definition) is 0. The number of pyridine rings is 1. The Morgan fingerprint density at radius 1 is 1.32 bits per heavy atom. The molecule has 2 aliphatic rings. The van der Waals surface area contributed by atoms with Crippen LogP contribution in [0.4, 0.5) is 0 Å². The molecule has 0 radical (unpaired) electrons. The first-order valence-electron chi connectivity index (χ1n) is 8.01. The third kappa shape index (κ3) is 3.73. The van der Waals surface area contributed by atoms with Gasteiger partial charge in [0.05, 0.1) is 0 Å². The molecule has 1 aromatic heterocycles. The average Bonchev–Trinajstić information content (AvgIpc) is 2.97. The van der Waals surface area contributed by atoms with Gasteiger partial charge in [-0.25, -0.2) is 4.98 Å². The number of ether oxygens (including phenoxy) is 1. The van der Waals surface area contributed by atoms with Gasteiger partial charge in [0.25, 0.3) is 0 Å². The number of fused-ring (bicyclic) bond motifs is 1. The molecule has 0 amide bonds.